The number of fused-ring (bicyclic) bond motifs is 6. The van der Waals surface area contributed by atoms with Crippen LogP contribution in [0.25, 0.3) is 88.7 Å². The van der Waals surface area contributed by atoms with E-state index in [1.165, 1.54) is 37.9 Å². The Balaban J connectivity index is 1.19. The molecule has 8 aromatic carbocycles. The van der Waals surface area contributed by atoms with Gasteiger partial charge in [0, 0.05) is 16.7 Å². The fourth-order valence-electron chi connectivity index (χ4n) is 6.81. The first-order valence-corrected chi connectivity index (χ1v) is 16.2. The van der Waals surface area contributed by atoms with E-state index in [4.69, 9.17) is 15.0 Å². The summed E-state index contributed by atoms with van der Waals surface area (Å²) in [7, 11) is 0. The van der Waals surface area contributed by atoms with Crippen LogP contribution in [0.5, 0.6) is 0 Å². The summed E-state index contributed by atoms with van der Waals surface area (Å²) < 4.78 is 0. The minimum atomic E-state index is 0.646. The minimum absolute atomic E-state index is 0.646. The monoisotopic (exact) mass is 611 g/mol. The molecule has 0 spiro atoms. The zero-order valence-corrected chi connectivity index (χ0v) is 26.1. The van der Waals surface area contributed by atoms with Crippen LogP contribution < -0.4 is 0 Å². The van der Waals surface area contributed by atoms with Gasteiger partial charge in [-0.2, -0.15) is 0 Å². The van der Waals surface area contributed by atoms with Crippen LogP contribution in [-0.4, -0.2) is 15.0 Å². The summed E-state index contributed by atoms with van der Waals surface area (Å²) in [6, 6.07) is 61.7. The molecule has 224 valence electrons. The lowest BCUT2D eigenvalue weighted by Crippen LogP contribution is -2.01. The van der Waals surface area contributed by atoms with Gasteiger partial charge in [0.15, 0.2) is 17.5 Å². The molecule has 9 rings (SSSR count). The maximum atomic E-state index is 5.03. The molecule has 3 nitrogen and oxygen atoms in total. The van der Waals surface area contributed by atoms with Gasteiger partial charge in [0.2, 0.25) is 0 Å². The first-order valence-electron chi connectivity index (χ1n) is 16.2. The highest BCUT2D eigenvalue weighted by atomic mass is 15.0. The van der Waals surface area contributed by atoms with Crippen LogP contribution in [0.4, 0.5) is 0 Å². The molecule has 0 radical (unpaired) electrons. The molecule has 0 aliphatic carbocycles. The normalized spacial score (nSPS) is 11.3. The van der Waals surface area contributed by atoms with Gasteiger partial charge >= 0.3 is 0 Å². The van der Waals surface area contributed by atoms with Gasteiger partial charge in [-0.05, 0) is 66.7 Å². The third-order valence-corrected chi connectivity index (χ3v) is 9.12. The summed E-state index contributed by atoms with van der Waals surface area (Å²) in [5, 5.41) is 7.65. The minimum Gasteiger partial charge on any atom is -0.208 e. The Morgan fingerprint density at radius 3 is 1.25 bits per heavy atom. The Morgan fingerprint density at radius 2 is 0.646 bits per heavy atom. The molecule has 0 unspecified atom stereocenters. The van der Waals surface area contributed by atoms with E-state index in [1.54, 1.807) is 0 Å². The molecule has 0 amide bonds. The Labute approximate surface area is 278 Å². The Bertz CT molecular complexity index is 2520. The average Bonchev–Trinajstić information content (AvgIpc) is 3.18. The highest BCUT2D eigenvalue weighted by molar-refractivity contribution is 6.25. The van der Waals surface area contributed by atoms with E-state index in [1.807, 2.05) is 60.7 Å². The number of rotatable bonds is 5. The summed E-state index contributed by atoms with van der Waals surface area (Å²) >= 11 is 0. The molecule has 0 N–H and O–H groups in total. The fourth-order valence-corrected chi connectivity index (χ4v) is 6.81. The van der Waals surface area contributed by atoms with E-state index in [0.717, 1.165) is 33.4 Å². The summed E-state index contributed by atoms with van der Waals surface area (Å²) in [4.78, 5) is 15.0. The lowest BCUT2D eigenvalue weighted by Gasteiger charge is -2.14. The van der Waals surface area contributed by atoms with Crippen molar-refractivity contribution in [3.8, 4) is 56.4 Å². The molecule has 0 atom stereocenters. The molecular formula is C45H29N3. The van der Waals surface area contributed by atoms with Crippen molar-refractivity contribution in [1.29, 1.82) is 0 Å². The van der Waals surface area contributed by atoms with Crippen LogP contribution in [0.3, 0.4) is 0 Å². The van der Waals surface area contributed by atoms with Crippen molar-refractivity contribution in [2.45, 2.75) is 0 Å². The van der Waals surface area contributed by atoms with Gasteiger partial charge in [0.1, 0.15) is 0 Å². The number of benzene rings is 8. The molecular weight excluding hydrogens is 583 g/mol. The fraction of sp³-hybridized carbons (Fsp3) is 0. The molecule has 0 aliphatic heterocycles. The van der Waals surface area contributed by atoms with Crippen molar-refractivity contribution in [2.24, 2.45) is 0 Å². The van der Waals surface area contributed by atoms with Gasteiger partial charge in [0.05, 0.1) is 0 Å². The number of nitrogens with zero attached hydrogens (tertiary/aromatic N) is 3. The van der Waals surface area contributed by atoms with Gasteiger partial charge in [-0.15, -0.1) is 0 Å². The van der Waals surface area contributed by atoms with Crippen LogP contribution in [0.2, 0.25) is 0 Å². The summed E-state index contributed by atoms with van der Waals surface area (Å²) in [5.41, 5.74) is 7.38. The van der Waals surface area contributed by atoms with E-state index in [2.05, 4.69) is 115 Å². The molecule has 48 heavy (non-hydrogen) atoms. The number of hydrogen-bond donors (Lipinski definition) is 0. The van der Waals surface area contributed by atoms with E-state index in [-0.39, 0.29) is 0 Å². The van der Waals surface area contributed by atoms with Crippen molar-refractivity contribution >= 4 is 32.3 Å². The Morgan fingerprint density at radius 1 is 0.229 bits per heavy atom. The van der Waals surface area contributed by atoms with Crippen molar-refractivity contribution in [3.63, 3.8) is 0 Å². The van der Waals surface area contributed by atoms with Crippen LogP contribution in [0.1, 0.15) is 0 Å². The molecule has 3 heteroatoms. The van der Waals surface area contributed by atoms with Crippen LogP contribution in [0, 0.1) is 0 Å². The second kappa shape index (κ2) is 11.7. The molecule has 0 saturated heterocycles. The van der Waals surface area contributed by atoms with Crippen molar-refractivity contribution in [2.75, 3.05) is 0 Å². The third kappa shape index (κ3) is 4.90. The number of aromatic nitrogens is 3. The highest BCUT2D eigenvalue weighted by Gasteiger charge is 2.16. The summed E-state index contributed by atoms with van der Waals surface area (Å²) in [5.74, 6) is 1.95. The highest BCUT2D eigenvalue weighted by Crippen LogP contribution is 2.39. The first kappa shape index (κ1) is 27.8. The maximum Gasteiger partial charge on any atom is 0.164 e. The zero-order valence-electron chi connectivity index (χ0n) is 26.1. The standard InChI is InChI=1S/C45H29N3/c1-3-14-30(15-4-1)43-46-44(31-16-5-2-6-17-31)48-45(47-43)41-25-12-7-20-35(41)34-19-13-18-32(28-34)33-26-27-40-38-23-9-8-21-36(38)37-22-10-11-24-39(37)42(40)29-33/h1-29H. The van der Waals surface area contributed by atoms with Gasteiger partial charge in [-0.25, -0.2) is 15.0 Å². The number of hydrogen-bond acceptors (Lipinski definition) is 3. The molecule has 0 saturated carbocycles. The van der Waals surface area contributed by atoms with Crippen LogP contribution >= 0.6 is 0 Å². The smallest absolute Gasteiger partial charge is 0.164 e. The average molecular weight is 612 g/mol. The third-order valence-electron chi connectivity index (χ3n) is 9.12. The van der Waals surface area contributed by atoms with Crippen molar-refractivity contribution in [3.05, 3.63) is 176 Å². The van der Waals surface area contributed by atoms with Crippen molar-refractivity contribution < 1.29 is 0 Å². The first-order chi connectivity index (χ1) is 23.8. The Kier molecular flexibility index (Phi) is 6.80. The van der Waals surface area contributed by atoms with E-state index < -0.39 is 0 Å². The maximum absolute atomic E-state index is 5.03. The summed E-state index contributed by atoms with van der Waals surface area (Å²) in [6.07, 6.45) is 0. The topological polar surface area (TPSA) is 38.7 Å². The van der Waals surface area contributed by atoms with E-state index in [9.17, 15) is 0 Å². The molecule has 0 aliphatic rings. The molecule has 0 fully saturated rings. The predicted octanol–water partition coefficient (Wildman–Crippen LogP) is 11.7. The van der Waals surface area contributed by atoms with Gasteiger partial charge in [-0.3, -0.25) is 0 Å². The second-order valence-corrected chi connectivity index (χ2v) is 12.0. The van der Waals surface area contributed by atoms with Gasteiger partial charge < -0.3 is 0 Å². The molecule has 1 aromatic heterocycles. The van der Waals surface area contributed by atoms with Gasteiger partial charge in [0.25, 0.3) is 0 Å². The zero-order chi connectivity index (χ0) is 31.9. The van der Waals surface area contributed by atoms with E-state index in [0.29, 0.717) is 17.5 Å². The largest absolute Gasteiger partial charge is 0.208 e. The lowest BCUT2D eigenvalue weighted by molar-refractivity contribution is 1.07. The van der Waals surface area contributed by atoms with E-state index >= 15 is 0 Å². The molecule has 1 heterocycles. The lowest BCUT2D eigenvalue weighted by atomic mass is 9.91. The SMILES string of the molecule is c1ccc(-c2nc(-c3ccccc3)nc(-c3ccccc3-c3cccc(-c4ccc5c6ccccc6c6ccccc6c5c4)c3)n2)cc1. The van der Waals surface area contributed by atoms with Crippen LogP contribution in [0.15, 0.2) is 176 Å². The molecule has 0 bridgehead atoms. The predicted molar refractivity (Wildman–Crippen MR) is 200 cm³/mol. The Hall–Kier alpha value is -6.45. The quantitative estimate of drug-likeness (QED) is 0.182. The van der Waals surface area contributed by atoms with Crippen molar-refractivity contribution in [1.82, 2.24) is 15.0 Å². The van der Waals surface area contributed by atoms with Crippen LogP contribution in [-0.2, 0) is 0 Å². The molecule has 9 aromatic rings. The van der Waals surface area contributed by atoms with Gasteiger partial charge in [-0.1, -0.05) is 164 Å². The summed E-state index contributed by atoms with van der Waals surface area (Å²) in [6.45, 7) is 0. The second-order valence-electron chi connectivity index (χ2n) is 12.0.